The first kappa shape index (κ1) is 15.5. The summed E-state index contributed by atoms with van der Waals surface area (Å²) in [5, 5.41) is 5.43. The lowest BCUT2D eigenvalue weighted by Crippen LogP contribution is -2.30. The number of carbonyl (C=O) groups excluding carboxylic acids is 1. The molecule has 22 heavy (non-hydrogen) atoms. The lowest BCUT2D eigenvalue weighted by Gasteiger charge is -2.24. The van der Waals surface area contributed by atoms with Crippen LogP contribution >= 0.6 is 23.7 Å². The largest absolute Gasteiger partial charge is 0.331 e. The topological polar surface area (TPSA) is 32.3 Å². The summed E-state index contributed by atoms with van der Waals surface area (Å²) in [5.74, 6) is 0.181. The molecule has 5 heteroatoms. The quantitative estimate of drug-likeness (QED) is 0.907. The summed E-state index contributed by atoms with van der Waals surface area (Å²) in [5.41, 5.74) is 3.43. The van der Waals surface area contributed by atoms with Crippen LogP contribution in [0.2, 0.25) is 0 Å². The number of benzene rings is 1. The fourth-order valence-electron chi connectivity index (χ4n) is 3.38. The summed E-state index contributed by atoms with van der Waals surface area (Å²) in [4.78, 5) is 16.2. The van der Waals surface area contributed by atoms with Crippen molar-refractivity contribution in [2.24, 2.45) is 0 Å². The molecule has 3 nitrogen and oxygen atoms in total. The summed E-state index contributed by atoms with van der Waals surface area (Å²) in [6, 6.07) is 10.6. The van der Waals surface area contributed by atoms with E-state index in [4.69, 9.17) is 0 Å². The summed E-state index contributed by atoms with van der Waals surface area (Å²) >= 11 is 1.75. The number of fused-ring (bicyclic) bond motifs is 1. The maximum atomic E-state index is 12.9. The molecular weight excluding hydrogens is 316 g/mol. The molecule has 0 radical (unpaired) electrons. The van der Waals surface area contributed by atoms with E-state index in [2.05, 4.69) is 39.9 Å². The predicted octanol–water partition coefficient (Wildman–Crippen LogP) is 3.75. The van der Waals surface area contributed by atoms with Crippen LogP contribution in [0.4, 0.5) is 0 Å². The number of thiophene rings is 1. The number of amides is 1. The van der Waals surface area contributed by atoms with Gasteiger partial charge < -0.3 is 10.2 Å². The molecule has 1 saturated heterocycles. The number of nitrogens with zero attached hydrogens (tertiary/aromatic N) is 1. The van der Waals surface area contributed by atoms with Crippen molar-refractivity contribution in [3.63, 3.8) is 0 Å². The minimum Gasteiger partial charge on any atom is -0.331 e. The van der Waals surface area contributed by atoms with Crippen molar-refractivity contribution in [1.82, 2.24) is 10.2 Å². The molecule has 1 amide bonds. The number of hydrogen-bond acceptors (Lipinski definition) is 3. The van der Waals surface area contributed by atoms with Crippen molar-refractivity contribution in [3.8, 4) is 0 Å². The average Bonchev–Trinajstić information content (AvgIpc) is 3.24. The lowest BCUT2D eigenvalue weighted by molar-refractivity contribution is 0.0738. The fourth-order valence-corrected chi connectivity index (χ4v) is 4.25. The highest BCUT2D eigenvalue weighted by molar-refractivity contribution is 7.10. The predicted molar refractivity (Wildman–Crippen MR) is 91.6 cm³/mol. The van der Waals surface area contributed by atoms with Crippen LogP contribution in [0.25, 0.3) is 0 Å². The molecule has 0 spiro atoms. The standard InChI is InChI=1S/C17H18N2OS.ClH/c20-17(12-5-6-13-10-18-11-14(13)9-12)19-7-1-3-15(19)16-4-2-8-21-16;/h2,4-6,8-9,15,18H,1,3,7,10-11H2;1H. The van der Waals surface area contributed by atoms with Crippen LogP contribution in [0.1, 0.15) is 45.2 Å². The summed E-state index contributed by atoms with van der Waals surface area (Å²) < 4.78 is 0. The molecule has 1 aromatic heterocycles. The Morgan fingerprint density at radius 1 is 1.23 bits per heavy atom. The van der Waals surface area contributed by atoms with E-state index in [1.165, 1.54) is 16.0 Å². The second-order valence-corrected chi connectivity index (χ2v) is 6.74. The van der Waals surface area contributed by atoms with Crippen molar-refractivity contribution < 1.29 is 4.79 Å². The molecule has 3 heterocycles. The van der Waals surface area contributed by atoms with E-state index < -0.39 is 0 Å². The zero-order chi connectivity index (χ0) is 14.2. The van der Waals surface area contributed by atoms with Gasteiger partial charge in [0.15, 0.2) is 0 Å². The molecule has 0 saturated carbocycles. The van der Waals surface area contributed by atoms with Gasteiger partial charge in [-0.1, -0.05) is 12.1 Å². The van der Waals surface area contributed by atoms with Crippen LogP contribution in [-0.4, -0.2) is 17.4 Å². The van der Waals surface area contributed by atoms with Gasteiger partial charge in [0.05, 0.1) is 6.04 Å². The van der Waals surface area contributed by atoms with Crippen LogP contribution in [0.5, 0.6) is 0 Å². The van der Waals surface area contributed by atoms with Crippen molar-refractivity contribution in [2.75, 3.05) is 6.54 Å². The number of likely N-dealkylation sites (tertiary alicyclic amines) is 1. The van der Waals surface area contributed by atoms with E-state index in [-0.39, 0.29) is 24.4 Å². The van der Waals surface area contributed by atoms with E-state index >= 15 is 0 Å². The van der Waals surface area contributed by atoms with Gasteiger partial charge in [0.1, 0.15) is 0 Å². The van der Waals surface area contributed by atoms with Crippen LogP contribution in [-0.2, 0) is 13.1 Å². The second kappa shape index (κ2) is 6.41. The van der Waals surface area contributed by atoms with Gasteiger partial charge in [-0.25, -0.2) is 0 Å². The highest BCUT2D eigenvalue weighted by Crippen LogP contribution is 2.35. The molecule has 2 aliphatic rings. The van der Waals surface area contributed by atoms with Crippen molar-refractivity contribution in [3.05, 3.63) is 57.3 Å². The summed E-state index contributed by atoms with van der Waals surface area (Å²) in [6.45, 7) is 2.67. The molecule has 0 bridgehead atoms. The average molecular weight is 335 g/mol. The number of hydrogen-bond donors (Lipinski definition) is 1. The Bertz CT molecular complexity index is 671. The minimum absolute atomic E-state index is 0. The van der Waals surface area contributed by atoms with Crippen LogP contribution < -0.4 is 5.32 Å². The maximum Gasteiger partial charge on any atom is 0.254 e. The Morgan fingerprint density at radius 2 is 2.09 bits per heavy atom. The Morgan fingerprint density at radius 3 is 2.91 bits per heavy atom. The zero-order valence-electron chi connectivity index (χ0n) is 12.2. The van der Waals surface area contributed by atoms with E-state index in [1.54, 1.807) is 11.3 Å². The smallest absolute Gasteiger partial charge is 0.254 e. The van der Waals surface area contributed by atoms with Crippen molar-refractivity contribution >= 4 is 29.7 Å². The van der Waals surface area contributed by atoms with Crippen LogP contribution in [0.3, 0.4) is 0 Å². The number of nitrogens with one attached hydrogen (secondary N) is 1. The normalized spacial score (nSPS) is 19.8. The molecule has 1 fully saturated rings. The summed E-state index contributed by atoms with van der Waals surface area (Å²) in [7, 11) is 0. The monoisotopic (exact) mass is 334 g/mol. The molecule has 2 aromatic rings. The van der Waals surface area contributed by atoms with Gasteiger partial charge in [0.25, 0.3) is 5.91 Å². The van der Waals surface area contributed by atoms with Gasteiger partial charge in [0, 0.05) is 30.1 Å². The molecule has 1 N–H and O–H groups in total. The highest BCUT2D eigenvalue weighted by atomic mass is 35.5. The zero-order valence-corrected chi connectivity index (χ0v) is 13.9. The molecule has 2 aliphatic heterocycles. The van der Waals surface area contributed by atoms with Gasteiger partial charge in [-0.15, -0.1) is 23.7 Å². The Kier molecular flexibility index (Phi) is 4.52. The minimum atomic E-state index is 0. The third-order valence-corrected chi connectivity index (χ3v) is 5.44. The first-order valence-electron chi connectivity index (χ1n) is 7.50. The van der Waals surface area contributed by atoms with Crippen LogP contribution in [0.15, 0.2) is 35.7 Å². The lowest BCUT2D eigenvalue weighted by atomic mass is 10.1. The van der Waals surface area contributed by atoms with Gasteiger partial charge in [-0.3, -0.25) is 4.79 Å². The molecule has 1 atom stereocenters. The fraction of sp³-hybridized carbons (Fsp3) is 0.353. The van der Waals surface area contributed by atoms with E-state index in [1.807, 2.05) is 6.07 Å². The van der Waals surface area contributed by atoms with Crippen molar-refractivity contribution in [1.29, 1.82) is 0 Å². The molecule has 1 aromatic carbocycles. The first-order valence-corrected chi connectivity index (χ1v) is 8.38. The number of rotatable bonds is 2. The van der Waals surface area contributed by atoms with Gasteiger partial charge >= 0.3 is 0 Å². The van der Waals surface area contributed by atoms with E-state index in [9.17, 15) is 4.79 Å². The second-order valence-electron chi connectivity index (χ2n) is 5.76. The first-order chi connectivity index (χ1) is 10.3. The van der Waals surface area contributed by atoms with Crippen molar-refractivity contribution in [2.45, 2.75) is 32.0 Å². The van der Waals surface area contributed by atoms with Gasteiger partial charge in [0.2, 0.25) is 0 Å². The Labute approximate surface area is 140 Å². The number of halogens is 1. The van der Waals surface area contributed by atoms with E-state index in [0.29, 0.717) is 0 Å². The highest BCUT2D eigenvalue weighted by Gasteiger charge is 2.31. The third-order valence-electron chi connectivity index (χ3n) is 4.47. The van der Waals surface area contributed by atoms with Gasteiger partial charge in [-0.2, -0.15) is 0 Å². The summed E-state index contributed by atoms with van der Waals surface area (Å²) in [6.07, 6.45) is 2.18. The molecule has 4 rings (SSSR count). The Hall–Kier alpha value is -1.36. The number of carbonyl (C=O) groups is 1. The SMILES string of the molecule is Cl.O=C(c1ccc2c(c1)CNC2)N1CCCC1c1cccs1. The van der Waals surface area contributed by atoms with Crippen LogP contribution in [0, 0.1) is 0 Å². The maximum absolute atomic E-state index is 12.9. The molecular formula is C17H19ClN2OS. The van der Waals surface area contributed by atoms with Gasteiger partial charge in [-0.05, 0) is 47.5 Å². The molecule has 116 valence electrons. The third kappa shape index (κ3) is 2.67. The molecule has 0 aliphatic carbocycles. The van der Waals surface area contributed by atoms with E-state index in [0.717, 1.165) is 38.0 Å². The molecule has 1 unspecified atom stereocenters. The Balaban J connectivity index is 0.00000144.